The summed E-state index contributed by atoms with van der Waals surface area (Å²) >= 11 is 5.86. The van der Waals surface area contributed by atoms with Crippen LogP contribution in [-0.2, 0) is 12.8 Å². The monoisotopic (exact) mass is 287 g/mol. The Kier molecular flexibility index (Phi) is 4.46. The van der Waals surface area contributed by atoms with Crippen molar-refractivity contribution in [3.63, 3.8) is 0 Å². The molecule has 2 nitrogen and oxygen atoms in total. The predicted molar refractivity (Wildman–Crippen MR) is 84.5 cm³/mol. The van der Waals surface area contributed by atoms with Gasteiger partial charge in [-0.25, -0.2) is 0 Å². The summed E-state index contributed by atoms with van der Waals surface area (Å²) in [5, 5.41) is 0.537. The van der Waals surface area contributed by atoms with Crippen LogP contribution in [0.25, 0.3) is 0 Å². The number of nitrogens with two attached hydrogens (primary N) is 1. The molecule has 0 aliphatic carbocycles. The molecule has 0 bridgehead atoms. The summed E-state index contributed by atoms with van der Waals surface area (Å²) in [4.78, 5) is 12.5. The van der Waals surface area contributed by atoms with E-state index in [1.54, 1.807) is 18.2 Å². The fourth-order valence-corrected chi connectivity index (χ4v) is 2.52. The minimum absolute atomic E-state index is 0.0588. The molecule has 0 aliphatic rings. The summed E-state index contributed by atoms with van der Waals surface area (Å²) < 4.78 is 0. The lowest BCUT2D eigenvalue weighted by Crippen LogP contribution is -2.06. The number of ketones is 1. The average Bonchev–Trinajstić information content (AvgIpc) is 2.45. The van der Waals surface area contributed by atoms with Gasteiger partial charge in [0.1, 0.15) is 0 Å². The maximum absolute atomic E-state index is 12.5. The van der Waals surface area contributed by atoms with Crippen LogP contribution >= 0.6 is 11.6 Å². The summed E-state index contributed by atoms with van der Waals surface area (Å²) in [6.07, 6.45) is 1.89. The molecule has 0 saturated carbocycles. The molecule has 2 rings (SSSR count). The second-order valence-corrected chi connectivity index (χ2v) is 5.19. The van der Waals surface area contributed by atoms with Gasteiger partial charge in [0.2, 0.25) is 0 Å². The third-order valence-corrected chi connectivity index (χ3v) is 3.72. The molecule has 0 aliphatic heterocycles. The highest BCUT2D eigenvalue weighted by molar-refractivity contribution is 6.31. The number of anilines is 1. The second-order valence-electron chi connectivity index (χ2n) is 4.75. The van der Waals surface area contributed by atoms with Crippen molar-refractivity contribution in [1.29, 1.82) is 0 Å². The van der Waals surface area contributed by atoms with E-state index in [1.807, 2.05) is 18.2 Å². The van der Waals surface area contributed by atoms with E-state index in [0.29, 0.717) is 21.8 Å². The zero-order valence-electron chi connectivity index (χ0n) is 11.7. The third-order valence-electron chi connectivity index (χ3n) is 3.49. The fourth-order valence-electron chi connectivity index (χ4n) is 2.34. The topological polar surface area (TPSA) is 43.1 Å². The van der Waals surface area contributed by atoms with Crippen molar-refractivity contribution >= 4 is 23.1 Å². The Bertz CT molecular complexity index is 649. The Balaban J connectivity index is 2.43. The highest BCUT2D eigenvalue weighted by Gasteiger charge is 2.14. The standard InChI is InChI=1S/C17H18ClNO/c1-3-11-5-6-13(9-12(11)4-2)17(20)15-8-7-14(18)10-16(15)19/h5-10H,3-4,19H2,1-2H3. The van der Waals surface area contributed by atoms with Crippen molar-refractivity contribution in [2.24, 2.45) is 0 Å². The first-order valence-electron chi connectivity index (χ1n) is 6.78. The number of rotatable bonds is 4. The SMILES string of the molecule is CCc1ccc(C(=O)c2ccc(Cl)cc2N)cc1CC. The molecule has 0 saturated heterocycles. The number of carbonyl (C=O) groups is 1. The Hall–Kier alpha value is -1.80. The Morgan fingerprint density at radius 1 is 1.05 bits per heavy atom. The Labute approximate surface area is 124 Å². The molecule has 3 heteroatoms. The van der Waals surface area contributed by atoms with Crippen LogP contribution in [0.1, 0.15) is 40.9 Å². The highest BCUT2D eigenvalue weighted by atomic mass is 35.5. The smallest absolute Gasteiger partial charge is 0.195 e. The molecule has 0 aromatic heterocycles. The number of aryl methyl sites for hydroxylation is 2. The van der Waals surface area contributed by atoms with Gasteiger partial charge in [0.05, 0.1) is 0 Å². The third kappa shape index (κ3) is 2.86. The average molecular weight is 288 g/mol. The van der Waals surface area contributed by atoms with E-state index in [9.17, 15) is 4.79 Å². The quantitative estimate of drug-likeness (QED) is 0.674. The lowest BCUT2D eigenvalue weighted by molar-refractivity contribution is 0.103. The van der Waals surface area contributed by atoms with Gasteiger partial charge in [-0.2, -0.15) is 0 Å². The molecule has 2 aromatic carbocycles. The van der Waals surface area contributed by atoms with Crippen LogP contribution < -0.4 is 5.73 Å². The summed E-state index contributed by atoms with van der Waals surface area (Å²) in [6, 6.07) is 10.8. The number of hydrogen-bond acceptors (Lipinski definition) is 2. The first kappa shape index (κ1) is 14.6. The van der Waals surface area contributed by atoms with E-state index in [0.717, 1.165) is 12.8 Å². The molecule has 0 atom stereocenters. The van der Waals surface area contributed by atoms with Gasteiger partial charge in [-0.1, -0.05) is 37.6 Å². The van der Waals surface area contributed by atoms with E-state index in [2.05, 4.69) is 13.8 Å². The van der Waals surface area contributed by atoms with Crippen molar-refractivity contribution < 1.29 is 4.79 Å². The largest absolute Gasteiger partial charge is 0.398 e. The fraction of sp³-hybridized carbons (Fsp3) is 0.235. The van der Waals surface area contributed by atoms with Crippen LogP contribution in [0.4, 0.5) is 5.69 Å². The lowest BCUT2D eigenvalue weighted by atomic mass is 9.95. The maximum Gasteiger partial charge on any atom is 0.195 e. The van der Waals surface area contributed by atoms with Crippen LogP contribution in [-0.4, -0.2) is 5.78 Å². The molecular weight excluding hydrogens is 270 g/mol. The number of halogens is 1. The lowest BCUT2D eigenvalue weighted by Gasteiger charge is -2.10. The number of benzene rings is 2. The number of nitrogen functional groups attached to an aromatic ring is 1. The summed E-state index contributed by atoms with van der Waals surface area (Å²) in [5.41, 5.74) is 9.97. The van der Waals surface area contributed by atoms with E-state index in [-0.39, 0.29) is 5.78 Å². The molecule has 0 spiro atoms. The summed E-state index contributed by atoms with van der Waals surface area (Å²) in [7, 11) is 0. The molecule has 104 valence electrons. The van der Waals surface area contributed by atoms with Gasteiger partial charge in [-0.3, -0.25) is 4.79 Å². The Morgan fingerprint density at radius 3 is 2.35 bits per heavy atom. The summed E-state index contributed by atoms with van der Waals surface area (Å²) in [6.45, 7) is 4.21. The van der Waals surface area contributed by atoms with Crippen molar-refractivity contribution in [2.45, 2.75) is 26.7 Å². The van der Waals surface area contributed by atoms with Gasteiger partial charge in [-0.15, -0.1) is 0 Å². The van der Waals surface area contributed by atoms with Crippen molar-refractivity contribution in [3.8, 4) is 0 Å². The molecule has 0 radical (unpaired) electrons. The zero-order valence-corrected chi connectivity index (χ0v) is 12.5. The predicted octanol–water partition coefficient (Wildman–Crippen LogP) is 4.28. The van der Waals surface area contributed by atoms with Gasteiger partial charge < -0.3 is 5.73 Å². The van der Waals surface area contributed by atoms with Crippen LogP contribution in [0.2, 0.25) is 5.02 Å². The van der Waals surface area contributed by atoms with Crippen molar-refractivity contribution in [1.82, 2.24) is 0 Å². The molecule has 0 unspecified atom stereocenters. The van der Waals surface area contributed by atoms with Crippen LogP contribution in [0, 0.1) is 0 Å². The summed E-state index contributed by atoms with van der Waals surface area (Å²) in [5.74, 6) is -0.0588. The number of carbonyl (C=O) groups excluding carboxylic acids is 1. The van der Waals surface area contributed by atoms with E-state index in [4.69, 9.17) is 17.3 Å². The van der Waals surface area contributed by atoms with E-state index in [1.165, 1.54) is 11.1 Å². The van der Waals surface area contributed by atoms with Gasteiger partial charge in [0.25, 0.3) is 0 Å². The second kappa shape index (κ2) is 6.10. The van der Waals surface area contributed by atoms with Gasteiger partial charge in [-0.05, 0) is 48.2 Å². The highest BCUT2D eigenvalue weighted by Crippen LogP contribution is 2.22. The van der Waals surface area contributed by atoms with Gasteiger partial charge in [0, 0.05) is 21.8 Å². The first-order chi connectivity index (χ1) is 9.56. The van der Waals surface area contributed by atoms with E-state index >= 15 is 0 Å². The van der Waals surface area contributed by atoms with Crippen LogP contribution in [0.15, 0.2) is 36.4 Å². The molecule has 0 amide bonds. The zero-order chi connectivity index (χ0) is 14.7. The molecule has 0 fully saturated rings. The molecule has 2 aromatic rings. The van der Waals surface area contributed by atoms with E-state index < -0.39 is 0 Å². The van der Waals surface area contributed by atoms with Crippen LogP contribution in [0.3, 0.4) is 0 Å². The van der Waals surface area contributed by atoms with Gasteiger partial charge in [0.15, 0.2) is 5.78 Å². The molecule has 0 heterocycles. The molecule has 20 heavy (non-hydrogen) atoms. The van der Waals surface area contributed by atoms with Gasteiger partial charge >= 0.3 is 0 Å². The minimum Gasteiger partial charge on any atom is -0.398 e. The van der Waals surface area contributed by atoms with Crippen LogP contribution in [0.5, 0.6) is 0 Å². The normalized spacial score (nSPS) is 10.6. The van der Waals surface area contributed by atoms with Crippen molar-refractivity contribution in [3.05, 3.63) is 63.7 Å². The molecule has 2 N–H and O–H groups in total. The first-order valence-corrected chi connectivity index (χ1v) is 7.16. The molecular formula is C17H18ClNO. The minimum atomic E-state index is -0.0588. The number of hydrogen-bond donors (Lipinski definition) is 1. The van der Waals surface area contributed by atoms with Crippen molar-refractivity contribution in [2.75, 3.05) is 5.73 Å². The maximum atomic E-state index is 12.5. The Morgan fingerprint density at radius 2 is 1.75 bits per heavy atom.